The van der Waals surface area contributed by atoms with Crippen LogP contribution in [0.25, 0.3) is 6.08 Å². The van der Waals surface area contributed by atoms with E-state index in [1.807, 2.05) is 54.6 Å². The number of allylic oxidation sites excluding steroid dienone is 1. The average Bonchev–Trinajstić information content (AvgIpc) is 3.48. The summed E-state index contributed by atoms with van der Waals surface area (Å²) in [6.07, 6.45) is 8.26. The standard InChI is InChI=1S/C23H19BrN2O3/c24-17-7-1-6-16(13-17)23(27)26-22(20-10-4-12-29-20)19-9-2-5-15(21(19)25-26)14-18-8-3-11-28-18/h1,3-4,6-8,10-14,19,22H,2,5,9H2/b15-14+/t19-,22-/m1/s1. The number of furan rings is 2. The molecule has 6 heteroatoms. The van der Waals surface area contributed by atoms with Crippen LogP contribution in [-0.4, -0.2) is 16.6 Å². The van der Waals surface area contributed by atoms with Crippen LogP contribution >= 0.6 is 15.9 Å². The zero-order chi connectivity index (χ0) is 19.8. The van der Waals surface area contributed by atoms with Crippen LogP contribution in [0.15, 0.2) is 85.0 Å². The molecule has 1 aliphatic heterocycles. The molecule has 5 rings (SSSR count). The minimum Gasteiger partial charge on any atom is -0.467 e. The molecule has 0 bridgehead atoms. The van der Waals surface area contributed by atoms with Crippen molar-refractivity contribution in [3.8, 4) is 0 Å². The van der Waals surface area contributed by atoms with Crippen molar-refractivity contribution in [1.29, 1.82) is 0 Å². The number of halogens is 1. The quantitative estimate of drug-likeness (QED) is 0.486. The summed E-state index contributed by atoms with van der Waals surface area (Å²) in [5.41, 5.74) is 2.67. The molecule has 1 aliphatic carbocycles. The molecule has 1 fully saturated rings. The lowest BCUT2D eigenvalue weighted by atomic mass is 9.79. The predicted molar refractivity (Wildman–Crippen MR) is 113 cm³/mol. The summed E-state index contributed by atoms with van der Waals surface area (Å²) in [5.74, 6) is 1.53. The zero-order valence-electron chi connectivity index (χ0n) is 15.6. The predicted octanol–water partition coefficient (Wildman–Crippen LogP) is 6.07. The van der Waals surface area contributed by atoms with Crippen LogP contribution in [0.1, 0.15) is 47.2 Å². The Labute approximate surface area is 176 Å². The molecule has 146 valence electrons. The van der Waals surface area contributed by atoms with Gasteiger partial charge in [-0.25, -0.2) is 5.01 Å². The summed E-state index contributed by atoms with van der Waals surface area (Å²) >= 11 is 3.45. The van der Waals surface area contributed by atoms with Gasteiger partial charge in [-0.05, 0) is 73.4 Å². The molecule has 1 saturated carbocycles. The van der Waals surface area contributed by atoms with E-state index in [1.54, 1.807) is 17.5 Å². The van der Waals surface area contributed by atoms with E-state index < -0.39 is 0 Å². The van der Waals surface area contributed by atoms with Crippen molar-refractivity contribution in [1.82, 2.24) is 5.01 Å². The fourth-order valence-electron chi connectivity index (χ4n) is 4.20. The summed E-state index contributed by atoms with van der Waals surface area (Å²) in [6, 6.07) is 14.7. The van der Waals surface area contributed by atoms with Crippen LogP contribution in [0.3, 0.4) is 0 Å². The van der Waals surface area contributed by atoms with E-state index in [4.69, 9.17) is 13.9 Å². The van der Waals surface area contributed by atoms with Crippen molar-refractivity contribution in [3.63, 3.8) is 0 Å². The van der Waals surface area contributed by atoms with Crippen LogP contribution in [0.2, 0.25) is 0 Å². The van der Waals surface area contributed by atoms with E-state index in [2.05, 4.69) is 15.9 Å². The minimum atomic E-state index is -0.244. The highest BCUT2D eigenvalue weighted by molar-refractivity contribution is 9.10. The van der Waals surface area contributed by atoms with Gasteiger partial charge in [0.05, 0.1) is 18.2 Å². The van der Waals surface area contributed by atoms with Crippen LogP contribution in [0, 0.1) is 5.92 Å². The maximum absolute atomic E-state index is 13.4. The van der Waals surface area contributed by atoms with E-state index in [9.17, 15) is 4.79 Å². The number of hydrogen-bond acceptors (Lipinski definition) is 4. The van der Waals surface area contributed by atoms with Crippen molar-refractivity contribution in [3.05, 3.63) is 88.2 Å². The Balaban J connectivity index is 1.57. The number of carbonyl (C=O) groups is 1. The van der Waals surface area contributed by atoms with Gasteiger partial charge in [0.1, 0.15) is 17.6 Å². The Bertz CT molecular complexity index is 1080. The molecule has 5 nitrogen and oxygen atoms in total. The highest BCUT2D eigenvalue weighted by atomic mass is 79.9. The number of hydrogen-bond donors (Lipinski definition) is 0. The van der Waals surface area contributed by atoms with Crippen molar-refractivity contribution in [2.75, 3.05) is 0 Å². The summed E-state index contributed by atoms with van der Waals surface area (Å²) < 4.78 is 12.1. The van der Waals surface area contributed by atoms with E-state index in [0.29, 0.717) is 5.56 Å². The fourth-order valence-corrected chi connectivity index (χ4v) is 4.60. The first-order valence-electron chi connectivity index (χ1n) is 9.66. The largest absolute Gasteiger partial charge is 0.467 e. The monoisotopic (exact) mass is 450 g/mol. The number of nitrogens with zero attached hydrogens (tertiary/aromatic N) is 2. The summed E-state index contributed by atoms with van der Waals surface area (Å²) in [5, 5.41) is 6.43. The second-order valence-electron chi connectivity index (χ2n) is 7.29. The first-order valence-corrected chi connectivity index (χ1v) is 10.5. The van der Waals surface area contributed by atoms with Gasteiger partial charge < -0.3 is 8.83 Å². The Hall–Kier alpha value is -2.86. The lowest BCUT2D eigenvalue weighted by Gasteiger charge is -2.27. The van der Waals surface area contributed by atoms with Crippen molar-refractivity contribution in [2.24, 2.45) is 11.0 Å². The van der Waals surface area contributed by atoms with Gasteiger partial charge in [0.15, 0.2) is 0 Å². The smallest absolute Gasteiger partial charge is 0.274 e. The Morgan fingerprint density at radius 3 is 2.76 bits per heavy atom. The third-order valence-electron chi connectivity index (χ3n) is 5.48. The molecule has 29 heavy (non-hydrogen) atoms. The average molecular weight is 451 g/mol. The molecule has 0 saturated heterocycles. The van der Waals surface area contributed by atoms with Gasteiger partial charge in [-0.2, -0.15) is 5.10 Å². The van der Waals surface area contributed by atoms with E-state index in [0.717, 1.165) is 46.5 Å². The van der Waals surface area contributed by atoms with Crippen molar-refractivity contribution in [2.45, 2.75) is 25.3 Å². The van der Waals surface area contributed by atoms with Gasteiger partial charge in [-0.15, -0.1) is 0 Å². The Morgan fingerprint density at radius 1 is 1.14 bits per heavy atom. The molecule has 0 radical (unpaired) electrons. The molecule has 1 aromatic carbocycles. The van der Waals surface area contributed by atoms with E-state index in [1.165, 1.54) is 0 Å². The molecular formula is C23H19BrN2O3. The van der Waals surface area contributed by atoms with Gasteiger partial charge in [-0.3, -0.25) is 4.79 Å². The van der Waals surface area contributed by atoms with E-state index >= 15 is 0 Å². The highest BCUT2D eigenvalue weighted by Gasteiger charge is 2.45. The first kappa shape index (κ1) is 18.2. The molecule has 3 heterocycles. The van der Waals surface area contributed by atoms with Gasteiger partial charge in [0.25, 0.3) is 5.91 Å². The number of hydrazone groups is 1. The van der Waals surface area contributed by atoms with Gasteiger partial charge in [0.2, 0.25) is 0 Å². The van der Waals surface area contributed by atoms with Crippen LogP contribution < -0.4 is 0 Å². The van der Waals surface area contributed by atoms with Gasteiger partial charge >= 0.3 is 0 Å². The summed E-state index contributed by atoms with van der Waals surface area (Å²) in [7, 11) is 0. The van der Waals surface area contributed by atoms with E-state index in [-0.39, 0.29) is 17.9 Å². The molecule has 2 aromatic heterocycles. The Kier molecular flexibility index (Phi) is 4.72. The molecule has 1 amide bonds. The number of amides is 1. The van der Waals surface area contributed by atoms with Crippen LogP contribution in [0.4, 0.5) is 0 Å². The SMILES string of the molecule is O=C(c1cccc(Br)c1)N1N=C2/C(=C/c3ccco3)CCC[C@H]2[C@@H]1c1ccco1. The maximum Gasteiger partial charge on any atom is 0.274 e. The highest BCUT2D eigenvalue weighted by Crippen LogP contribution is 2.45. The number of carbonyl (C=O) groups excluding carboxylic acids is 1. The third-order valence-corrected chi connectivity index (χ3v) is 5.97. The lowest BCUT2D eigenvalue weighted by Crippen LogP contribution is -2.31. The maximum atomic E-state index is 13.4. The lowest BCUT2D eigenvalue weighted by molar-refractivity contribution is 0.0656. The minimum absolute atomic E-state index is 0.104. The zero-order valence-corrected chi connectivity index (χ0v) is 17.2. The third kappa shape index (κ3) is 3.38. The number of fused-ring (bicyclic) bond motifs is 1. The van der Waals surface area contributed by atoms with Crippen molar-refractivity contribution >= 4 is 33.6 Å². The molecular weight excluding hydrogens is 432 g/mol. The first-order chi connectivity index (χ1) is 14.2. The van der Waals surface area contributed by atoms with Crippen LogP contribution in [0.5, 0.6) is 0 Å². The summed E-state index contributed by atoms with van der Waals surface area (Å²) in [6.45, 7) is 0. The van der Waals surface area contributed by atoms with Crippen LogP contribution in [-0.2, 0) is 0 Å². The normalized spacial score (nSPS) is 22.6. The molecule has 0 unspecified atom stereocenters. The molecule has 2 atom stereocenters. The van der Waals surface area contributed by atoms with Gasteiger partial charge in [-0.1, -0.05) is 22.0 Å². The van der Waals surface area contributed by atoms with Gasteiger partial charge in [0, 0.05) is 16.0 Å². The second-order valence-corrected chi connectivity index (χ2v) is 8.20. The second kappa shape index (κ2) is 7.52. The number of benzene rings is 1. The molecule has 2 aliphatic rings. The summed E-state index contributed by atoms with van der Waals surface area (Å²) in [4.78, 5) is 13.4. The molecule has 0 N–H and O–H groups in total. The Morgan fingerprint density at radius 2 is 2.00 bits per heavy atom. The molecule has 0 spiro atoms. The van der Waals surface area contributed by atoms with Crippen molar-refractivity contribution < 1.29 is 13.6 Å². The number of rotatable bonds is 3. The fraction of sp³-hybridized carbons (Fsp3) is 0.217. The topological polar surface area (TPSA) is 59.0 Å². The molecule has 3 aromatic rings.